The first-order valence-electron chi connectivity index (χ1n) is 10.2. The summed E-state index contributed by atoms with van der Waals surface area (Å²) in [5, 5.41) is 3.31. The maximum atomic E-state index is 15.0. The maximum Gasteiger partial charge on any atom is 0.417 e. The van der Waals surface area contributed by atoms with Crippen LogP contribution >= 0.6 is 11.6 Å². The molecule has 1 aliphatic rings. The molecular weight excluding hydrogens is 502 g/mol. The third kappa shape index (κ3) is 4.29. The molecule has 0 fully saturated rings. The smallest absolute Gasteiger partial charge is 0.417 e. The van der Waals surface area contributed by atoms with Gasteiger partial charge in [0.05, 0.1) is 40.1 Å². The Bertz CT molecular complexity index is 1350. The van der Waals surface area contributed by atoms with E-state index in [2.05, 4.69) is 9.84 Å². The molecule has 0 unspecified atom stereocenters. The number of carbonyl (C=O) groups is 2. The largest absolute Gasteiger partial charge is 0.465 e. The lowest BCUT2D eigenvalue weighted by Crippen LogP contribution is -2.26. The van der Waals surface area contributed by atoms with Crippen molar-refractivity contribution in [2.45, 2.75) is 31.4 Å². The topological polar surface area (TPSA) is 61.2 Å². The fourth-order valence-electron chi connectivity index (χ4n) is 4.06. The highest BCUT2D eigenvalue weighted by atomic mass is 35.5. The summed E-state index contributed by atoms with van der Waals surface area (Å²) in [6, 6.07) is 5.58. The van der Waals surface area contributed by atoms with Gasteiger partial charge in [0, 0.05) is 12.0 Å². The van der Waals surface area contributed by atoms with Gasteiger partial charge < -0.3 is 4.74 Å². The Labute approximate surface area is 199 Å². The minimum absolute atomic E-state index is 0.0865. The molecule has 0 bridgehead atoms. The lowest BCUT2D eigenvalue weighted by atomic mass is 9.89. The number of hydrogen-bond acceptors (Lipinski definition) is 4. The van der Waals surface area contributed by atoms with Crippen molar-refractivity contribution < 1.29 is 40.7 Å². The summed E-state index contributed by atoms with van der Waals surface area (Å²) in [4.78, 5) is 24.9. The maximum absolute atomic E-state index is 15.0. The number of nitrogens with zero attached hydrogens (tertiary/aromatic N) is 2. The van der Waals surface area contributed by atoms with Crippen LogP contribution in [0.15, 0.2) is 36.4 Å². The number of fused-ring (bicyclic) bond motifs is 1. The van der Waals surface area contributed by atoms with Crippen LogP contribution in [-0.2, 0) is 23.3 Å². The Hall–Kier alpha value is -3.34. The van der Waals surface area contributed by atoms with E-state index in [1.54, 1.807) is 0 Å². The molecule has 0 spiro atoms. The van der Waals surface area contributed by atoms with Gasteiger partial charge in [-0.25, -0.2) is 18.0 Å². The third-order valence-electron chi connectivity index (χ3n) is 5.62. The first-order chi connectivity index (χ1) is 16.4. The average molecular weight is 517 g/mol. The molecule has 12 heteroatoms. The van der Waals surface area contributed by atoms with E-state index in [0.29, 0.717) is 10.7 Å². The van der Waals surface area contributed by atoms with Crippen molar-refractivity contribution in [3.05, 3.63) is 75.2 Å². The second kappa shape index (κ2) is 8.71. The molecule has 0 saturated heterocycles. The van der Waals surface area contributed by atoms with Gasteiger partial charge in [-0.1, -0.05) is 17.7 Å². The molecular formula is C23H15ClF6N2O3. The first-order valence-corrected chi connectivity index (χ1v) is 10.5. The molecule has 5 nitrogen and oxygen atoms in total. The van der Waals surface area contributed by atoms with Crippen molar-refractivity contribution in [3.8, 4) is 11.3 Å². The fraction of sp³-hybridized carbons (Fsp3) is 0.261. The normalized spacial score (nSPS) is 15.0. The van der Waals surface area contributed by atoms with E-state index in [9.17, 15) is 35.9 Å². The average Bonchev–Trinajstić information content (AvgIpc) is 3.18. The van der Waals surface area contributed by atoms with Crippen LogP contribution in [0.4, 0.5) is 26.3 Å². The molecule has 184 valence electrons. The van der Waals surface area contributed by atoms with E-state index in [1.165, 1.54) is 0 Å². The van der Waals surface area contributed by atoms with Gasteiger partial charge >= 0.3 is 12.1 Å². The number of hydrogen-bond donors (Lipinski definition) is 0. The predicted molar refractivity (Wildman–Crippen MR) is 112 cm³/mol. The number of halogens is 7. The zero-order chi connectivity index (χ0) is 25.7. The van der Waals surface area contributed by atoms with Crippen LogP contribution in [0, 0.1) is 5.82 Å². The molecule has 0 saturated carbocycles. The molecule has 1 aromatic heterocycles. The van der Waals surface area contributed by atoms with Gasteiger partial charge in [-0.2, -0.15) is 23.0 Å². The predicted octanol–water partition coefficient (Wildman–Crippen LogP) is 6.26. The van der Waals surface area contributed by atoms with Crippen LogP contribution < -0.4 is 0 Å². The number of benzene rings is 2. The first kappa shape index (κ1) is 24.8. The van der Waals surface area contributed by atoms with Crippen molar-refractivity contribution in [2.24, 2.45) is 0 Å². The number of carbonyl (C=O) groups excluding carboxylic acids is 2. The van der Waals surface area contributed by atoms with Gasteiger partial charge in [0.15, 0.2) is 0 Å². The number of esters is 1. The number of rotatable bonds is 3. The molecule has 0 N–H and O–H groups in total. The Balaban J connectivity index is 1.95. The summed E-state index contributed by atoms with van der Waals surface area (Å²) in [6.07, 6.45) is -5.80. The lowest BCUT2D eigenvalue weighted by Gasteiger charge is -2.23. The number of alkyl halides is 5. The van der Waals surface area contributed by atoms with Gasteiger partial charge in [-0.05, 0) is 43.2 Å². The van der Waals surface area contributed by atoms with Gasteiger partial charge in [0.1, 0.15) is 11.5 Å². The Morgan fingerprint density at radius 1 is 1.17 bits per heavy atom. The van der Waals surface area contributed by atoms with E-state index in [0.717, 1.165) is 37.4 Å². The number of methoxy groups -OCH3 is 1. The summed E-state index contributed by atoms with van der Waals surface area (Å²) < 4.78 is 90.6. The zero-order valence-electron chi connectivity index (χ0n) is 17.9. The molecule has 0 atom stereocenters. The molecule has 4 rings (SSSR count). The lowest BCUT2D eigenvalue weighted by molar-refractivity contribution is -0.137. The van der Waals surface area contributed by atoms with Crippen molar-refractivity contribution >= 4 is 23.5 Å². The monoisotopic (exact) mass is 516 g/mol. The fourth-order valence-corrected chi connectivity index (χ4v) is 4.32. The van der Waals surface area contributed by atoms with E-state index in [1.807, 2.05) is 0 Å². The molecule has 3 aromatic rings. The summed E-state index contributed by atoms with van der Waals surface area (Å²) in [5.74, 6) is -6.90. The Morgan fingerprint density at radius 3 is 2.51 bits per heavy atom. The molecule has 2 aromatic carbocycles. The van der Waals surface area contributed by atoms with Gasteiger partial charge in [0.2, 0.25) is 0 Å². The SMILES string of the molecule is COC(=O)c1ccc(-c2nn(C(=O)c3c(Cl)cccc3C(F)(F)F)c3c2C(F)(F)CCC3)c(F)c1. The minimum atomic E-state index is -4.97. The Morgan fingerprint density at radius 2 is 1.89 bits per heavy atom. The molecule has 35 heavy (non-hydrogen) atoms. The summed E-state index contributed by atoms with van der Waals surface area (Å²) in [7, 11) is 1.07. The van der Waals surface area contributed by atoms with Crippen molar-refractivity contribution in [1.82, 2.24) is 9.78 Å². The summed E-state index contributed by atoms with van der Waals surface area (Å²) in [5.41, 5.74) is -4.71. The highest BCUT2D eigenvalue weighted by Crippen LogP contribution is 2.46. The minimum Gasteiger partial charge on any atom is -0.465 e. The van der Waals surface area contributed by atoms with E-state index < -0.39 is 69.2 Å². The molecule has 0 radical (unpaired) electrons. The quantitative estimate of drug-likeness (QED) is 0.304. The second-order valence-electron chi connectivity index (χ2n) is 7.79. The van der Waals surface area contributed by atoms with Gasteiger partial charge in [-0.3, -0.25) is 4.79 Å². The van der Waals surface area contributed by atoms with Crippen molar-refractivity contribution in [1.29, 1.82) is 0 Å². The van der Waals surface area contributed by atoms with E-state index in [-0.39, 0.29) is 24.1 Å². The highest BCUT2D eigenvalue weighted by molar-refractivity contribution is 6.34. The molecule has 0 aliphatic heterocycles. The summed E-state index contributed by atoms with van der Waals surface area (Å²) in [6.45, 7) is 0. The van der Waals surface area contributed by atoms with Gasteiger partial charge in [0.25, 0.3) is 11.8 Å². The summed E-state index contributed by atoms with van der Waals surface area (Å²) >= 11 is 5.92. The van der Waals surface area contributed by atoms with Crippen LogP contribution in [0.25, 0.3) is 11.3 Å². The van der Waals surface area contributed by atoms with Crippen molar-refractivity contribution in [3.63, 3.8) is 0 Å². The van der Waals surface area contributed by atoms with Crippen LogP contribution in [0.5, 0.6) is 0 Å². The third-order valence-corrected chi connectivity index (χ3v) is 5.94. The molecule has 0 amide bonds. The van der Waals surface area contributed by atoms with Crippen LogP contribution in [0.1, 0.15) is 50.4 Å². The van der Waals surface area contributed by atoms with Crippen LogP contribution in [0.3, 0.4) is 0 Å². The van der Waals surface area contributed by atoms with Crippen LogP contribution in [-0.4, -0.2) is 28.8 Å². The Kier molecular flexibility index (Phi) is 6.16. The standard InChI is InChI=1S/C23H15ClF6N2O3/c1-35-21(34)11-7-8-12(15(25)10-11)19-18-16(6-3-9-22(18,26)27)32(31-19)20(33)17-13(23(28,29)30)4-2-5-14(17)24/h2,4-5,7-8,10H,3,6,9H2,1H3. The van der Waals surface area contributed by atoms with Crippen LogP contribution in [0.2, 0.25) is 5.02 Å². The second-order valence-corrected chi connectivity index (χ2v) is 8.20. The highest BCUT2D eigenvalue weighted by Gasteiger charge is 2.45. The van der Waals surface area contributed by atoms with Crippen molar-refractivity contribution in [2.75, 3.05) is 7.11 Å². The van der Waals surface area contributed by atoms with E-state index >= 15 is 0 Å². The molecule has 1 aliphatic carbocycles. The molecule has 1 heterocycles. The zero-order valence-corrected chi connectivity index (χ0v) is 18.6. The number of ether oxygens (including phenoxy) is 1. The number of aromatic nitrogens is 2. The van der Waals surface area contributed by atoms with E-state index in [4.69, 9.17) is 11.6 Å². The van der Waals surface area contributed by atoms with Gasteiger partial charge in [-0.15, -0.1) is 0 Å².